The van der Waals surface area contributed by atoms with Gasteiger partial charge in [-0.1, -0.05) is 13.0 Å². The van der Waals surface area contributed by atoms with E-state index in [0.29, 0.717) is 6.04 Å². The zero-order chi connectivity index (χ0) is 12.5. The number of rotatable bonds is 9. The van der Waals surface area contributed by atoms with Gasteiger partial charge in [-0.25, -0.2) is 0 Å². The van der Waals surface area contributed by atoms with E-state index in [-0.39, 0.29) is 0 Å². The minimum absolute atomic E-state index is 0.716. The van der Waals surface area contributed by atoms with Crippen molar-refractivity contribution in [2.75, 3.05) is 32.1 Å². The van der Waals surface area contributed by atoms with Crippen LogP contribution in [0.3, 0.4) is 0 Å². The highest BCUT2D eigenvalue weighted by Gasteiger charge is 2.10. The molecule has 0 aliphatic carbocycles. The van der Waals surface area contributed by atoms with Gasteiger partial charge in [-0.3, -0.25) is 0 Å². The Labute approximate surface area is 114 Å². The molecule has 1 N–H and O–H groups in total. The lowest BCUT2D eigenvalue weighted by Gasteiger charge is -2.26. The van der Waals surface area contributed by atoms with Crippen LogP contribution in [0.15, 0.2) is 17.5 Å². The maximum atomic E-state index is 3.50. The maximum Gasteiger partial charge on any atom is 0.0300 e. The van der Waals surface area contributed by atoms with E-state index < -0.39 is 0 Å². The van der Waals surface area contributed by atoms with Crippen LogP contribution in [0.25, 0.3) is 0 Å². The van der Waals surface area contributed by atoms with Gasteiger partial charge in [0, 0.05) is 36.3 Å². The normalized spacial score (nSPS) is 13.2. The molecule has 0 aliphatic heterocycles. The van der Waals surface area contributed by atoms with Crippen LogP contribution in [-0.4, -0.2) is 43.1 Å². The first-order valence-corrected chi connectivity index (χ1v) is 8.47. The molecular formula is C13H24N2S2. The Balaban J connectivity index is 2.12. The molecule has 0 radical (unpaired) electrons. The van der Waals surface area contributed by atoms with Crippen LogP contribution in [0.2, 0.25) is 0 Å². The maximum absolute atomic E-state index is 3.50. The van der Waals surface area contributed by atoms with E-state index in [4.69, 9.17) is 0 Å². The molecule has 0 aromatic carbocycles. The topological polar surface area (TPSA) is 15.3 Å². The molecule has 0 saturated carbocycles. The molecule has 0 bridgehead atoms. The predicted octanol–water partition coefficient (Wildman–Crippen LogP) is 2.91. The number of nitrogens with zero attached hydrogens (tertiary/aromatic N) is 1. The van der Waals surface area contributed by atoms with Crippen molar-refractivity contribution in [3.8, 4) is 0 Å². The quantitative estimate of drug-likeness (QED) is 0.696. The van der Waals surface area contributed by atoms with E-state index in [9.17, 15) is 0 Å². The standard InChI is InChI=1S/C13H24N2S2/c1-4-12(11-16-3)15(2)8-7-14-10-13-6-5-9-17-13/h5-6,9,12,14H,4,7-8,10-11H2,1-3H3. The fourth-order valence-corrected chi connectivity index (χ4v) is 3.36. The number of thiophene rings is 1. The molecule has 98 valence electrons. The van der Waals surface area contributed by atoms with Crippen LogP contribution in [-0.2, 0) is 6.54 Å². The first-order chi connectivity index (χ1) is 8.27. The van der Waals surface area contributed by atoms with Gasteiger partial charge in [-0.05, 0) is 31.2 Å². The fourth-order valence-electron chi connectivity index (χ4n) is 1.81. The smallest absolute Gasteiger partial charge is 0.0300 e. The summed E-state index contributed by atoms with van der Waals surface area (Å²) in [4.78, 5) is 3.89. The second-order valence-electron chi connectivity index (χ2n) is 4.25. The summed E-state index contributed by atoms with van der Waals surface area (Å²) in [7, 11) is 2.23. The molecule has 0 spiro atoms. The lowest BCUT2D eigenvalue weighted by atomic mass is 10.2. The molecule has 0 fully saturated rings. The monoisotopic (exact) mass is 272 g/mol. The van der Waals surface area contributed by atoms with Crippen LogP contribution in [0.1, 0.15) is 18.2 Å². The molecule has 2 nitrogen and oxygen atoms in total. The highest BCUT2D eigenvalue weighted by atomic mass is 32.2. The van der Waals surface area contributed by atoms with E-state index in [1.54, 1.807) is 0 Å². The largest absolute Gasteiger partial charge is 0.311 e. The van der Waals surface area contributed by atoms with Crippen molar-refractivity contribution in [3.63, 3.8) is 0 Å². The molecule has 1 atom stereocenters. The molecular weight excluding hydrogens is 248 g/mol. The highest BCUT2D eigenvalue weighted by Crippen LogP contribution is 2.08. The summed E-state index contributed by atoms with van der Waals surface area (Å²) in [6.07, 6.45) is 3.42. The number of nitrogens with one attached hydrogen (secondary N) is 1. The average Bonchev–Trinajstić information content (AvgIpc) is 2.84. The predicted molar refractivity (Wildman–Crippen MR) is 81.1 cm³/mol. The molecule has 0 aliphatic rings. The van der Waals surface area contributed by atoms with Gasteiger partial charge >= 0.3 is 0 Å². The molecule has 1 aromatic rings. The third-order valence-electron chi connectivity index (χ3n) is 2.97. The third-order valence-corrected chi connectivity index (χ3v) is 4.57. The van der Waals surface area contributed by atoms with E-state index in [0.717, 1.165) is 19.6 Å². The van der Waals surface area contributed by atoms with Gasteiger partial charge in [0.1, 0.15) is 0 Å². The Hall–Kier alpha value is -0.0300. The van der Waals surface area contributed by atoms with Crippen LogP contribution >= 0.6 is 23.1 Å². The van der Waals surface area contributed by atoms with Crippen LogP contribution in [0.5, 0.6) is 0 Å². The zero-order valence-electron chi connectivity index (χ0n) is 11.1. The fraction of sp³-hybridized carbons (Fsp3) is 0.692. The summed E-state index contributed by atoms with van der Waals surface area (Å²) in [5, 5.41) is 5.64. The van der Waals surface area contributed by atoms with Gasteiger partial charge < -0.3 is 10.2 Å². The lowest BCUT2D eigenvalue weighted by molar-refractivity contribution is 0.256. The van der Waals surface area contributed by atoms with Crippen molar-refractivity contribution in [1.82, 2.24) is 10.2 Å². The summed E-state index contributed by atoms with van der Waals surface area (Å²) in [5.74, 6) is 1.23. The summed E-state index contributed by atoms with van der Waals surface area (Å²) in [6, 6.07) is 5.01. The summed E-state index contributed by atoms with van der Waals surface area (Å²) < 4.78 is 0. The van der Waals surface area contributed by atoms with Crippen molar-refractivity contribution < 1.29 is 0 Å². The molecule has 0 saturated heterocycles. The van der Waals surface area contributed by atoms with Gasteiger partial charge in [-0.15, -0.1) is 11.3 Å². The third kappa shape index (κ3) is 5.91. The Bertz CT molecular complexity index is 275. The SMILES string of the molecule is CCC(CSC)N(C)CCNCc1cccs1. The zero-order valence-corrected chi connectivity index (χ0v) is 12.7. The van der Waals surface area contributed by atoms with Crippen molar-refractivity contribution >= 4 is 23.1 Å². The molecule has 0 amide bonds. The summed E-state index contributed by atoms with van der Waals surface area (Å²) in [6.45, 7) is 5.48. The second-order valence-corrected chi connectivity index (χ2v) is 6.20. The van der Waals surface area contributed by atoms with E-state index in [1.165, 1.54) is 17.1 Å². The second kappa shape index (κ2) is 8.97. The molecule has 1 unspecified atom stereocenters. The van der Waals surface area contributed by atoms with Crippen LogP contribution in [0, 0.1) is 0 Å². The van der Waals surface area contributed by atoms with Crippen LogP contribution in [0.4, 0.5) is 0 Å². The molecule has 4 heteroatoms. The van der Waals surface area contributed by atoms with Gasteiger partial charge in [0.2, 0.25) is 0 Å². The van der Waals surface area contributed by atoms with Gasteiger partial charge in [0.05, 0.1) is 0 Å². The first kappa shape index (κ1) is 15.0. The minimum atomic E-state index is 0.716. The number of likely N-dealkylation sites (N-methyl/N-ethyl adjacent to an activating group) is 1. The first-order valence-electron chi connectivity index (χ1n) is 6.20. The number of hydrogen-bond acceptors (Lipinski definition) is 4. The summed E-state index contributed by atoms with van der Waals surface area (Å²) >= 11 is 3.76. The Morgan fingerprint density at radius 3 is 2.94 bits per heavy atom. The van der Waals surface area contributed by atoms with Gasteiger partial charge in [0.25, 0.3) is 0 Å². The van der Waals surface area contributed by atoms with Gasteiger partial charge in [0.15, 0.2) is 0 Å². The number of thioether (sulfide) groups is 1. The van der Waals surface area contributed by atoms with Crippen molar-refractivity contribution in [2.45, 2.75) is 25.9 Å². The Morgan fingerprint density at radius 1 is 1.53 bits per heavy atom. The lowest BCUT2D eigenvalue weighted by Crippen LogP contribution is -2.38. The van der Waals surface area contributed by atoms with Crippen molar-refractivity contribution in [3.05, 3.63) is 22.4 Å². The van der Waals surface area contributed by atoms with E-state index in [1.807, 2.05) is 23.1 Å². The van der Waals surface area contributed by atoms with Crippen molar-refractivity contribution in [2.24, 2.45) is 0 Å². The Morgan fingerprint density at radius 2 is 2.35 bits per heavy atom. The molecule has 1 aromatic heterocycles. The van der Waals surface area contributed by atoms with Crippen LogP contribution < -0.4 is 5.32 Å². The van der Waals surface area contributed by atoms with E-state index in [2.05, 4.69) is 48.0 Å². The molecule has 1 heterocycles. The van der Waals surface area contributed by atoms with Crippen molar-refractivity contribution in [1.29, 1.82) is 0 Å². The molecule has 17 heavy (non-hydrogen) atoms. The minimum Gasteiger partial charge on any atom is -0.311 e. The Kier molecular flexibility index (Phi) is 7.93. The highest BCUT2D eigenvalue weighted by molar-refractivity contribution is 7.98. The number of hydrogen-bond donors (Lipinski definition) is 1. The summed E-state index contributed by atoms with van der Waals surface area (Å²) in [5.41, 5.74) is 0. The average molecular weight is 272 g/mol. The molecule has 1 rings (SSSR count). The van der Waals surface area contributed by atoms with Gasteiger partial charge in [-0.2, -0.15) is 11.8 Å². The van der Waals surface area contributed by atoms with E-state index >= 15 is 0 Å².